The molecule has 0 aromatic carbocycles. The Balaban J connectivity index is 2.79. The largest absolute Gasteiger partial charge is 0.489 e. The highest BCUT2D eigenvalue weighted by molar-refractivity contribution is 6.14. The Morgan fingerprint density at radius 2 is 2.18 bits per heavy atom. The normalized spacial score (nSPS) is 17.9. The fraction of sp³-hybridized carbons (Fsp3) is 0.500. The van der Waals surface area contributed by atoms with Crippen molar-refractivity contribution in [3.05, 3.63) is 40.3 Å². The first-order chi connectivity index (χ1) is 10.3. The number of ketones is 1. The minimum atomic E-state index is -0.794. The molecule has 6 heteroatoms. The number of dihydropyridines is 1. The number of Topliss-reactive ketones (excluding diaryl/α,β-unsaturated/α-hetero) is 1. The molecule has 0 spiro atoms. The molecule has 2 N–H and O–H groups in total. The van der Waals surface area contributed by atoms with Crippen LogP contribution in [0.1, 0.15) is 34.1 Å². The van der Waals surface area contributed by atoms with Crippen molar-refractivity contribution in [3.8, 4) is 0 Å². The molecule has 0 saturated heterocycles. The highest BCUT2D eigenvalue weighted by Crippen LogP contribution is 2.17. The summed E-state index contributed by atoms with van der Waals surface area (Å²) in [6.07, 6.45) is 6.78. The molecular weight excluding hydrogens is 282 g/mol. The number of hydrogen-bond donors (Lipinski definition) is 2. The van der Waals surface area contributed by atoms with Crippen molar-refractivity contribution in [1.82, 2.24) is 5.32 Å². The molecular formula is C16H23N3O3. The van der Waals surface area contributed by atoms with E-state index < -0.39 is 5.54 Å². The van der Waals surface area contributed by atoms with Crippen LogP contribution in [0.3, 0.4) is 0 Å². The molecule has 0 radical (unpaired) electrons. The highest BCUT2D eigenvalue weighted by Gasteiger charge is 2.21. The maximum Gasteiger partial charge on any atom is 0.169 e. The lowest BCUT2D eigenvalue weighted by Crippen LogP contribution is -2.24. The van der Waals surface area contributed by atoms with Crippen LogP contribution in [0.4, 0.5) is 0 Å². The van der Waals surface area contributed by atoms with Gasteiger partial charge < -0.3 is 15.5 Å². The van der Waals surface area contributed by atoms with Crippen molar-refractivity contribution >= 4 is 12.0 Å². The monoisotopic (exact) mass is 305 g/mol. The minimum absolute atomic E-state index is 0.0614. The van der Waals surface area contributed by atoms with Gasteiger partial charge in [-0.1, -0.05) is 19.0 Å². The van der Waals surface area contributed by atoms with Crippen molar-refractivity contribution in [3.63, 3.8) is 0 Å². The van der Waals surface area contributed by atoms with Gasteiger partial charge in [-0.25, -0.2) is 0 Å². The topological polar surface area (TPSA) is 91.6 Å². The number of carbonyl (C=O) groups excluding carboxylic acids is 1. The number of nitrogens with one attached hydrogen (secondary N) is 2. The quantitative estimate of drug-likeness (QED) is 0.409. The van der Waals surface area contributed by atoms with Gasteiger partial charge in [0.15, 0.2) is 5.78 Å². The van der Waals surface area contributed by atoms with Crippen LogP contribution in [0.15, 0.2) is 40.6 Å². The summed E-state index contributed by atoms with van der Waals surface area (Å²) in [5, 5.41) is 13.4. The Morgan fingerprint density at radius 1 is 1.50 bits per heavy atom. The van der Waals surface area contributed by atoms with Gasteiger partial charge >= 0.3 is 0 Å². The third kappa shape index (κ3) is 4.65. The Labute approximate surface area is 130 Å². The van der Waals surface area contributed by atoms with Crippen molar-refractivity contribution in [2.45, 2.75) is 39.7 Å². The zero-order valence-electron chi connectivity index (χ0n) is 13.5. The standard InChI is InChI=1S/C16H23N3O3/c1-5-11(2)15(20)13(8-17)14-7-6-12(9-18-14)22-10-16(3,4)19-21/h6-9,11,17-18H,5,10H2,1-4H3/b14-13+,17-8?. The Hall–Kier alpha value is -2.24. The van der Waals surface area contributed by atoms with Gasteiger partial charge in [0, 0.05) is 18.3 Å². The number of allylic oxidation sites excluding steroid dienone is 3. The lowest BCUT2D eigenvalue weighted by atomic mass is 9.95. The number of rotatable bonds is 8. The number of carbonyl (C=O) groups is 1. The van der Waals surface area contributed by atoms with Crippen LogP contribution in [-0.4, -0.2) is 24.1 Å². The fourth-order valence-corrected chi connectivity index (χ4v) is 1.69. The first-order valence-electron chi connectivity index (χ1n) is 7.25. The second-order valence-electron chi connectivity index (χ2n) is 5.86. The van der Waals surface area contributed by atoms with Gasteiger partial charge in [-0.3, -0.25) is 4.79 Å². The molecule has 0 aromatic heterocycles. The molecule has 1 unspecified atom stereocenters. The van der Waals surface area contributed by atoms with E-state index in [9.17, 15) is 9.70 Å². The molecule has 0 saturated carbocycles. The summed E-state index contributed by atoms with van der Waals surface area (Å²) >= 11 is 0. The summed E-state index contributed by atoms with van der Waals surface area (Å²) in [5.41, 5.74) is 0.119. The second-order valence-corrected chi connectivity index (χ2v) is 5.86. The second kappa shape index (κ2) is 7.68. The molecule has 0 fully saturated rings. The number of nitrogens with zero attached hydrogens (tertiary/aromatic N) is 1. The van der Waals surface area contributed by atoms with Crippen LogP contribution in [0, 0.1) is 16.2 Å². The fourth-order valence-electron chi connectivity index (χ4n) is 1.69. The summed E-state index contributed by atoms with van der Waals surface area (Å²) in [6.45, 7) is 7.32. The molecule has 6 nitrogen and oxygen atoms in total. The molecule has 0 aliphatic carbocycles. The van der Waals surface area contributed by atoms with Crippen LogP contribution in [-0.2, 0) is 9.53 Å². The lowest BCUT2D eigenvalue weighted by Gasteiger charge is -2.19. The lowest BCUT2D eigenvalue weighted by molar-refractivity contribution is -0.118. The highest BCUT2D eigenvalue weighted by atomic mass is 16.5. The van der Waals surface area contributed by atoms with Crippen molar-refractivity contribution in [1.29, 1.82) is 5.41 Å². The Bertz CT molecular complexity index is 545. The van der Waals surface area contributed by atoms with Gasteiger partial charge in [0.25, 0.3) is 0 Å². The first-order valence-corrected chi connectivity index (χ1v) is 7.25. The van der Waals surface area contributed by atoms with Gasteiger partial charge in [0.2, 0.25) is 0 Å². The summed E-state index contributed by atoms with van der Waals surface area (Å²) in [7, 11) is 0. The van der Waals surface area contributed by atoms with E-state index in [1.54, 1.807) is 32.2 Å². The first kappa shape index (κ1) is 17.8. The summed E-state index contributed by atoms with van der Waals surface area (Å²) in [4.78, 5) is 22.8. The van der Waals surface area contributed by atoms with E-state index in [1.165, 1.54) is 0 Å². The number of nitroso groups, excluding NO2 is 1. The molecule has 22 heavy (non-hydrogen) atoms. The maximum absolute atomic E-state index is 12.2. The molecule has 0 bridgehead atoms. The Kier molecular flexibility index (Phi) is 6.22. The van der Waals surface area contributed by atoms with Gasteiger partial charge in [-0.2, -0.15) is 4.91 Å². The van der Waals surface area contributed by atoms with Crippen molar-refractivity contribution in [2.24, 2.45) is 11.1 Å². The van der Waals surface area contributed by atoms with Gasteiger partial charge in [-0.15, -0.1) is 0 Å². The van der Waals surface area contributed by atoms with Crippen molar-refractivity contribution < 1.29 is 9.53 Å². The zero-order chi connectivity index (χ0) is 16.8. The van der Waals surface area contributed by atoms with Crippen LogP contribution in [0.2, 0.25) is 0 Å². The molecule has 1 heterocycles. The number of ether oxygens (including phenoxy) is 1. The van der Waals surface area contributed by atoms with Crippen LogP contribution < -0.4 is 5.32 Å². The third-order valence-electron chi connectivity index (χ3n) is 3.38. The van der Waals surface area contributed by atoms with E-state index in [0.29, 0.717) is 17.0 Å². The predicted octanol–water partition coefficient (Wildman–Crippen LogP) is 3.07. The molecule has 120 valence electrons. The van der Waals surface area contributed by atoms with E-state index >= 15 is 0 Å². The Morgan fingerprint density at radius 3 is 2.64 bits per heavy atom. The van der Waals surface area contributed by atoms with Gasteiger partial charge in [0.1, 0.15) is 17.9 Å². The maximum atomic E-state index is 12.2. The summed E-state index contributed by atoms with van der Waals surface area (Å²) < 4.78 is 5.48. The van der Waals surface area contributed by atoms with E-state index in [0.717, 1.165) is 12.6 Å². The molecule has 1 atom stereocenters. The zero-order valence-corrected chi connectivity index (χ0v) is 13.5. The molecule has 0 amide bonds. The average molecular weight is 305 g/mol. The van der Waals surface area contributed by atoms with Gasteiger partial charge in [-0.05, 0) is 32.4 Å². The summed E-state index contributed by atoms with van der Waals surface area (Å²) in [6, 6.07) is 0. The van der Waals surface area contributed by atoms with Crippen LogP contribution in [0.25, 0.3) is 0 Å². The smallest absolute Gasteiger partial charge is 0.169 e. The third-order valence-corrected chi connectivity index (χ3v) is 3.38. The van der Waals surface area contributed by atoms with E-state index in [4.69, 9.17) is 10.1 Å². The minimum Gasteiger partial charge on any atom is -0.489 e. The van der Waals surface area contributed by atoms with Crippen molar-refractivity contribution in [2.75, 3.05) is 6.61 Å². The van der Waals surface area contributed by atoms with Gasteiger partial charge in [0.05, 0.1) is 11.3 Å². The molecule has 1 aliphatic heterocycles. The van der Waals surface area contributed by atoms with Crippen LogP contribution >= 0.6 is 0 Å². The summed E-state index contributed by atoms with van der Waals surface area (Å²) in [5.74, 6) is 0.356. The number of hydrogen-bond acceptors (Lipinski definition) is 6. The molecule has 1 rings (SSSR count). The predicted molar refractivity (Wildman–Crippen MR) is 86.5 cm³/mol. The van der Waals surface area contributed by atoms with Crippen LogP contribution in [0.5, 0.6) is 0 Å². The average Bonchev–Trinajstić information content (AvgIpc) is 2.54. The molecule has 1 aliphatic rings. The SMILES string of the molecule is CCC(C)C(=O)/C(C=N)=C1\C=CC(OCC(C)(C)N=O)=CN1. The van der Waals surface area contributed by atoms with E-state index in [-0.39, 0.29) is 18.3 Å². The van der Waals surface area contributed by atoms with E-state index in [1.807, 2.05) is 13.8 Å². The van der Waals surface area contributed by atoms with E-state index in [2.05, 4.69) is 10.5 Å². The molecule has 0 aromatic rings.